The maximum Gasteiger partial charge on any atom is 0.0159 e. The van der Waals surface area contributed by atoms with Crippen molar-refractivity contribution in [2.45, 2.75) is 45.4 Å². The van der Waals surface area contributed by atoms with Crippen molar-refractivity contribution < 1.29 is 0 Å². The number of hydrogen-bond donors (Lipinski definition) is 0. The Morgan fingerprint density at radius 3 is 1.83 bits per heavy atom. The molecular formula is C41H34. The summed E-state index contributed by atoms with van der Waals surface area (Å²) in [4.78, 5) is 0. The standard InChI is InChI=1S/C41H34/c1-25-21-22-29-32(23-25)37(31-17-12-20-35-39(31)30-16-9-11-19-34(30)41(35,4)5)27-14-7-8-15-28(27)38(29)36-24-26-13-6-10-18-33(26)40(36,2)3/h6-24H,1-5H3. The number of aryl methyl sites for hydroxylation is 1. The summed E-state index contributed by atoms with van der Waals surface area (Å²) >= 11 is 0. The van der Waals surface area contributed by atoms with E-state index in [-0.39, 0.29) is 10.8 Å². The molecule has 0 fully saturated rings. The molecule has 0 aromatic heterocycles. The minimum absolute atomic E-state index is 0.0339. The maximum atomic E-state index is 2.44. The van der Waals surface area contributed by atoms with E-state index in [1.807, 2.05) is 0 Å². The van der Waals surface area contributed by atoms with Gasteiger partial charge in [-0.2, -0.15) is 0 Å². The summed E-state index contributed by atoms with van der Waals surface area (Å²) in [6.07, 6.45) is 2.44. The van der Waals surface area contributed by atoms with Crippen LogP contribution >= 0.6 is 0 Å². The van der Waals surface area contributed by atoms with Crippen LogP contribution in [0, 0.1) is 6.92 Å². The fraction of sp³-hybridized carbons (Fsp3) is 0.171. The quantitative estimate of drug-likeness (QED) is 0.197. The Morgan fingerprint density at radius 1 is 0.439 bits per heavy atom. The minimum atomic E-state index is -0.0876. The lowest BCUT2D eigenvalue weighted by atomic mass is 9.75. The first-order valence-electron chi connectivity index (χ1n) is 14.8. The fourth-order valence-corrected chi connectivity index (χ4v) is 7.89. The molecule has 2 aliphatic carbocycles. The van der Waals surface area contributed by atoms with E-state index in [1.54, 1.807) is 0 Å². The molecule has 6 aromatic carbocycles. The summed E-state index contributed by atoms with van der Waals surface area (Å²) in [5, 5.41) is 5.32. The average Bonchev–Trinajstić information content (AvgIpc) is 3.38. The zero-order valence-electron chi connectivity index (χ0n) is 24.5. The lowest BCUT2D eigenvalue weighted by Gasteiger charge is -2.28. The van der Waals surface area contributed by atoms with Gasteiger partial charge < -0.3 is 0 Å². The molecule has 0 saturated carbocycles. The first-order chi connectivity index (χ1) is 19.8. The monoisotopic (exact) mass is 526 g/mol. The van der Waals surface area contributed by atoms with E-state index in [4.69, 9.17) is 0 Å². The molecule has 0 nitrogen and oxygen atoms in total. The van der Waals surface area contributed by atoms with Crippen molar-refractivity contribution in [3.63, 3.8) is 0 Å². The lowest BCUT2D eigenvalue weighted by Crippen LogP contribution is -2.17. The summed E-state index contributed by atoms with van der Waals surface area (Å²) in [7, 11) is 0. The second kappa shape index (κ2) is 8.30. The van der Waals surface area contributed by atoms with Crippen molar-refractivity contribution >= 4 is 33.2 Å². The van der Waals surface area contributed by atoms with Crippen LogP contribution in [0.1, 0.15) is 61.1 Å². The molecule has 0 aliphatic heterocycles. The molecule has 2 aliphatic rings. The molecule has 0 atom stereocenters. The highest BCUT2D eigenvalue weighted by molar-refractivity contribution is 6.22. The number of rotatable bonds is 2. The topological polar surface area (TPSA) is 0 Å². The van der Waals surface area contributed by atoms with Gasteiger partial charge in [0.15, 0.2) is 0 Å². The van der Waals surface area contributed by atoms with E-state index in [2.05, 4.69) is 150 Å². The van der Waals surface area contributed by atoms with Gasteiger partial charge in [-0.15, -0.1) is 0 Å². The molecular weight excluding hydrogens is 492 g/mol. The Morgan fingerprint density at radius 2 is 1.05 bits per heavy atom. The van der Waals surface area contributed by atoms with E-state index < -0.39 is 0 Å². The molecule has 0 amide bonds. The zero-order valence-corrected chi connectivity index (χ0v) is 24.5. The van der Waals surface area contributed by atoms with Crippen LogP contribution in [-0.2, 0) is 10.8 Å². The molecule has 0 saturated heterocycles. The van der Waals surface area contributed by atoms with Gasteiger partial charge in [-0.05, 0) is 90.2 Å². The Labute approximate surface area is 243 Å². The van der Waals surface area contributed by atoms with E-state index in [0.29, 0.717) is 0 Å². The third-order valence-electron chi connectivity index (χ3n) is 9.93. The van der Waals surface area contributed by atoms with E-state index in [1.165, 1.54) is 82.8 Å². The van der Waals surface area contributed by atoms with Crippen LogP contribution in [-0.4, -0.2) is 0 Å². The van der Waals surface area contributed by atoms with Crippen molar-refractivity contribution in [1.82, 2.24) is 0 Å². The molecule has 0 bridgehead atoms. The number of hydrogen-bond acceptors (Lipinski definition) is 0. The van der Waals surface area contributed by atoms with Crippen LogP contribution in [0.4, 0.5) is 0 Å². The van der Waals surface area contributed by atoms with Gasteiger partial charge in [0, 0.05) is 10.8 Å². The molecule has 198 valence electrons. The third-order valence-corrected chi connectivity index (χ3v) is 9.93. The first kappa shape index (κ1) is 24.4. The summed E-state index contributed by atoms with van der Waals surface area (Å²) in [6, 6.07) is 41.1. The van der Waals surface area contributed by atoms with Gasteiger partial charge in [-0.25, -0.2) is 0 Å². The van der Waals surface area contributed by atoms with E-state index >= 15 is 0 Å². The van der Waals surface area contributed by atoms with Crippen LogP contribution < -0.4 is 0 Å². The van der Waals surface area contributed by atoms with E-state index in [9.17, 15) is 0 Å². The van der Waals surface area contributed by atoms with Gasteiger partial charge in [0.05, 0.1) is 0 Å². The number of fused-ring (bicyclic) bond motifs is 6. The SMILES string of the molecule is Cc1ccc2c(C3=Cc4ccccc4C3(C)C)c3ccccc3c(-c3cccc4c3-c3ccccc3C4(C)C)c2c1. The van der Waals surface area contributed by atoms with Gasteiger partial charge in [0.25, 0.3) is 0 Å². The van der Waals surface area contributed by atoms with Crippen LogP contribution in [0.15, 0.2) is 109 Å². The highest BCUT2D eigenvalue weighted by Gasteiger charge is 2.38. The maximum absolute atomic E-state index is 2.44. The third kappa shape index (κ3) is 3.22. The second-order valence-corrected chi connectivity index (χ2v) is 13.0. The second-order valence-electron chi connectivity index (χ2n) is 13.0. The molecule has 8 rings (SSSR count). The van der Waals surface area contributed by atoms with Gasteiger partial charge in [-0.1, -0.05) is 142 Å². The summed E-state index contributed by atoms with van der Waals surface area (Å²) in [5.74, 6) is 0. The normalized spacial score (nSPS) is 16.0. The molecule has 0 unspecified atom stereocenters. The predicted octanol–water partition coefficient (Wildman–Crippen LogP) is 11.1. The number of benzene rings is 6. The highest BCUT2D eigenvalue weighted by Crippen LogP contribution is 2.56. The molecule has 41 heavy (non-hydrogen) atoms. The Hall–Kier alpha value is -4.42. The van der Waals surface area contributed by atoms with Crippen LogP contribution in [0.2, 0.25) is 0 Å². The smallest absolute Gasteiger partial charge is 0.0159 e. The van der Waals surface area contributed by atoms with Gasteiger partial charge in [-0.3, -0.25) is 0 Å². The minimum Gasteiger partial charge on any atom is -0.0619 e. The van der Waals surface area contributed by atoms with Crippen LogP contribution in [0.25, 0.3) is 55.4 Å². The van der Waals surface area contributed by atoms with Crippen LogP contribution in [0.3, 0.4) is 0 Å². The summed E-state index contributed by atoms with van der Waals surface area (Å²) in [6.45, 7) is 11.7. The van der Waals surface area contributed by atoms with E-state index in [0.717, 1.165) is 0 Å². The average molecular weight is 527 g/mol. The number of allylic oxidation sites excluding steroid dienone is 1. The summed E-state index contributed by atoms with van der Waals surface area (Å²) in [5.41, 5.74) is 15.0. The van der Waals surface area contributed by atoms with Gasteiger partial charge in [0.2, 0.25) is 0 Å². The molecule has 0 N–H and O–H groups in total. The predicted molar refractivity (Wildman–Crippen MR) is 177 cm³/mol. The molecule has 0 heteroatoms. The zero-order chi connectivity index (χ0) is 28.1. The molecule has 0 radical (unpaired) electrons. The van der Waals surface area contributed by atoms with Crippen molar-refractivity contribution in [2.75, 3.05) is 0 Å². The molecule has 0 spiro atoms. The lowest BCUT2D eigenvalue weighted by molar-refractivity contribution is 0.660. The van der Waals surface area contributed by atoms with Crippen molar-refractivity contribution in [2.24, 2.45) is 0 Å². The van der Waals surface area contributed by atoms with Crippen molar-refractivity contribution in [3.05, 3.63) is 143 Å². The van der Waals surface area contributed by atoms with Gasteiger partial charge in [0.1, 0.15) is 0 Å². The first-order valence-corrected chi connectivity index (χ1v) is 14.8. The largest absolute Gasteiger partial charge is 0.0619 e. The Balaban J connectivity index is 1.53. The molecule has 0 heterocycles. The Bertz CT molecular complexity index is 2100. The van der Waals surface area contributed by atoms with Crippen molar-refractivity contribution in [3.8, 4) is 22.3 Å². The Kier molecular flexibility index (Phi) is 4.94. The summed E-state index contributed by atoms with van der Waals surface area (Å²) < 4.78 is 0. The highest BCUT2D eigenvalue weighted by atomic mass is 14.4. The van der Waals surface area contributed by atoms with Crippen molar-refractivity contribution in [1.29, 1.82) is 0 Å². The van der Waals surface area contributed by atoms with Gasteiger partial charge >= 0.3 is 0 Å². The fourth-order valence-electron chi connectivity index (χ4n) is 7.89. The van der Waals surface area contributed by atoms with Crippen LogP contribution in [0.5, 0.6) is 0 Å². The molecule has 6 aromatic rings.